The molecule has 0 aliphatic heterocycles. The van der Waals surface area contributed by atoms with Crippen LogP contribution in [0.15, 0.2) is 6.20 Å². The van der Waals surface area contributed by atoms with Gasteiger partial charge in [0.1, 0.15) is 5.82 Å². The van der Waals surface area contributed by atoms with Gasteiger partial charge in [-0.05, 0) is 27.9 Å². The van der Waals surface area contributed by atoms with E-state index >= 15 is 0 Å². The van der Waals surface area contributed by atoms with Crippen molar-refractivity contribution in [3.63, 3.8) is 0 Å². The number of hydrogen-bond acceptors (Lipinski definition) is 4. The predicted octanol–water partition coefficient (Wildman–Crippen LogP) is 0.120. The number of nitrogens with one attached hydrogen (secondary N) is 2. The number of likely N-dealkylation sites (N-methyl/N-ethyl adjacent to an activating group) is 1. The molecule has 0 radical (unpaired) electrons. The summed E-state index contributed by atoms with van der Waals surface area (Å²) in [5.41, 5.74) is 0.330. The molecule has 1 rings (SSSR count). The van der Waals surface area contributed by atoms with Crippen molar-refractivity contribution in [3.8, 4) is 0 Å². The summed E-state index contributed by atoms with van der Waals surface area (Å²) in [4.78, 5) is 9.23. The number of H-pyrrole nitrogens is 1. The number of nitrogens with zero attached hydrogens (tertiary/aromatic N) is 2. The van der Waals surface area contributed by atoms with Gasteiger partial charge in [-0.2, -0.15) is 0 Å². The van der Waals surface area contributed by atoms with E-state index in [0.29, 0.717) is 19.6 Å². The highest BCUT2D eigenvalue weighted by Crippen LogP contribution is 2.03. The lowest BCUT2D eigenvalue weighted by molar-refractivity contribution is 0.0335. The van der Waals surface area contributed by atoms with Crippen molar-refractivity contribution in [2.45, 2.75) is 26.0 Å². The maximum absolute atomic E-state index is 10.0. The Morgan fingerprint density at radius 3 is 2.75 bits per heavy atom. The van der Waals surface area contributed by atoms with Gasteiger partial charge in [0.25, 0.3) is 0 Å². The zero-order valence-electron chi connectivity index (χ0n) is 10.5. The summed E-state index contributed by atoms with van der Waals surface area (Å²) in [5.74, 6) is 0.914. The van der Waals surface area contributed by atoms with E-state index in [2.05, 4.69) is 15.3 Å². The third kappa shape index (κ3) is 4.74. The fraction of sp³-hybridized carbons (Fsp3) is 0.727. The van der Waals surface area contributed by atoms with Crippen molar-refractivity contribution < 1.29 is 5.11 Å². The second kappa shape index (κ2) is 5.43. The zero-order chi connectivity index (χ0) is 12.2. The Labute approximate surface area is 96.9 Å². The molecule has 0 saturated carbocycles. The number of aliphatic hydroxyl groups is 1. The van der Waals surface area contributed by atoms with Crippen molar-refractivity contribution in [1.29, 1.82) is 0 Å². The van der Waals surface area contributed by atoms with Gasteiger partial charge >= 0.3 is 0 Å². The summed E-state index contributed by atoms with van der Waals surface area (Å²) in [7, 11) is 3.90. The second-order valence-corrected chi connectivity index (χ2v) is 4.83. The van der Waals surface area contributed by atoms with Gasteiger partial charge in [0.15, 0.2) is 0 Å². The zero-order valence-corrected chi connectivity index (χ0v) is 10.5. The SMILES string of the molecule is Cc1ncc(CNCC(C)(O)CN(C)C)[nH]1. The summed E-state index contributed by atoms with van der Waals surface area (Å²) in [6.07, 6.45) is 1.81. The Morgan fingerprint density at radius 1 is 1.56 bits per heavy atom. The molecule has 1 aromatic heterocycles. The van der Waals surface area contributed by atoms with E-state index in [0.717, 1.165) is 11.5 Å². The van der Waals surface area contributed by atoms with Gasteiger partial charge < -0.3 is 20.3 Å². The van der Waals surface area contributed by atoms with Gasteiger partial charge in [0.05, 0.1) is 5.60 Å². The van der Waals surface area contributed by atoms with Crippen LogP contribution in [0.5, 0.6) is 0 Å². The molecular formula is C11H22N4O. The lowest BCUT2D eigenvalue weighted by Gasteiger charge is -2.27. The monoisotopic (exact) mass is 226 g/mol. The molecule has 1 heterocycles. The van der Waals surface area contributed by atoms with E-state index in [9.17, 15) is 5.11 Å². The minimum Gasteiger partial charge on any atom is -0.388 e. The second-order valence-electron chi connectivity index (χ2n) is 4.83. The maximum Gasteiger partial charge on any atom is 0.103 e. The van der Waals surface area contributed by atoms with Crippen molar-refractivity contribution in [2.75, 3.05) is 27.2 Å². The topological polar surface area (TPSA) is 64.2 Å². The van der Waals surface area contributed by atoms with E-state index in [4.69, 9.17) is 0 Å². The molecule has 3 N–H and O–H groups in total. The minimum atomic E-state index is -0.710. The van der Waals surface area contributed by atoms with Crippen molar-refractivity contribution >= 4 is 0 Å². The summed E-state index contributed by atoms with van der Waals surface area (Å²) in [6.45, 7) is 5.65. The maximum atomic E-state index is 10.0. The standard InChI is InChI=1S/C11H22N4O/c1-9-13-6-10(14-9)5-12-7-11(2,16)8-15(3)4/h6,12,16H,5,7-8H2,1-4H3,(H,13,14). The number of imidazole rings is 1. The highest BCUT2D eigenvalue weighted by Gasteiger charge is 2.20. The molecule has 92 valence electrons. The van der Waals surface area contributed by atoms with Crippen LogP contribution in [0.25, 0.3) is 0 Å². The van der Waals surface area contributed by atoms with E-state index in [1.165, 1.54) is 0 Å². The molecule has 1 atom stereocenters. The molecule has 1 unspecified atom stereocenters. The third-order valence-electron chi connectivity index (χ3n) is 2.23. The summed E-state index contributed by atoms with van der Waals surface area (Å²) < 4.78 is 0. The molecule has 5 heteroatoms. The fourth-order valence-electron chi connectivity index (χ4n) is 1.77. The van der Waals surface area contributed by atoms with Crippen LogP contribution in [0.3, 0.4) is 0 Å². The van der Waals surface area contributed by atoms with E-state index in [-0.39, 0.29) is 0 Å². The molecule has 0 amide bonds. The van der Waals surface area contributed by atoms with Gasteiger partial charge in [-0.1, -0.05) is 0 Å². The molecular weight excluding hydrogens is 204 g/mol. The van der Waals surface area contributed by atoms with Crippen LogP contribution < -0.4 is 5.32 Å². The van der Waals surface area contributed by atoms with Crippen LogP contribution in [-0.2, 0) is 6.54 Å². The Hall–Kier alpha value is -0.910. The van der Waals surface area contributed by atoms with Crippen LogP contribution >= 0.6 is 0 Å². The Morgan fingerprint density at radius 2 is 2.25 bits per heavy atom. The van der Waals surface area contributed by atoms with Gasteiger partial charge in [0, 0.05) is 31.5 Å². The van der Waals surface area contributed by atoms with Gasteiger partial charge in [-0.15, -0.1) is 0 Å². The third-order valence-corrected chi connectivity index (χ3v) is 2.23. The molecule has 0 fully saturated rings. The van der Waals surface area contributed by atoms with Crippen molar-refractivity contribution in [3.05, 3.63) is 17.7 Å². The van der Waals surface area contributed by atoms with E-state index in [1.807, 2.05) is 39.0 Å². The van der Waals surface area contributed by atoms with Gasteiger partial charge in [0.2, 0.25) is 0 Å². The fourth-order valence-corrected chi connectivity index (χ4v) is 1.77. The van der Waals surface area contributed by atoms with E-state index < -0.39 is 5.60 Å². The molecule has 0 aromatic carbocycles. The minimum absolute atomic E-state index is 0.559. The molecule has 1 aromatic rings. The first-order valence-electron chi connectivity index (χ1n) is 5.47. The summed E-state index contributed by atoms with van der Waals surface area (Å²) in [6, 6.07) is 0. The molecule has 0 bridgehead atoms. The number of hydrogen-bond donors (Lipinski definition) is 3. The lowest BCUT2D eigenvalue weighted by Crippen LogP contribution is -2.45. The van der Waals surface area contributed by atoms with E-state index in [1.54, 1.807) is 0 Å². The van der Waals surface area contributed by atoms with Gasteiger partial charge in [-0.3, -0.25) is 0 Å². The smallest absolute Gasteiger partial charge is 0.103 e. The Bertz CT molecular complexity index is 320. The highest BCUT2D eigenvalue weighted by molar-refractivity contribution is 4.99. The first-order chi connectivity index (χ1) is 7.39. The van der Waals surface area contributed by atoms with Crippen LogP contribution in [0.2, 0.25) is 0 Å². The molecule has 0 aliphatic rings. The Balaban J connectivity index is 2.29. The molecule has 0 saturated heterocycles. The Kier molecular flexibility index (Phi) is 4.46. The van der Waals surface area contributed by atoms with Crippen LogP contribution in [0.4, 0.5) is 0 Å². The van der Waals surface area contributed by atoms with Crippen molar-refractivity contribution in [2.24, 2.45) is 0 Å². The van der Waals surface area contributed by atoms with Crippen LogP contribution in [-0.4, -0.2) is 52.8 Å². The highest BCUT2D eigenvalue weighted by atomic mass is 16.3. The lowest BCUT2D eigenvalue weighted by atomic mass is 10.1. The largest absolute Gasteiger partial charge is 0.388 e. The number of rotatable bonds is 6. The molecule has 5 nitrogen and oxygen atoms in total. The average Bonchev–Trinajstić information content (AvgIpc) is 2.48. The molecule has 0 spiro atoms. The van der Waals surface area contributed by atoms with Crippen LogP contribution in [0, 0.1) is 6.92 Å². The summed E-state index contributed by atoms with van der Waals surface area (Å²) >= 11 is 0. The number of aryl methyl sites for hydroxylation is 1. The first-order valence-corrected chi connectivity index (χ1v) is 5.47. The molecule has 0 aliphatic carbocycles. The number of aromatic amines is 1. The average molecular weight is 226 g/mol. The van der Waals surface area contributed by atoms with Crippen molar-refractivity contribution in [1.82, 2.24) is 20.2 Å². The molecule has 16 heavy (non-hydrogen) atoms. The summed E-state index contributed by atoms with van der Waals surface area (Å²) in [5, 5.41) is 13.3. The quantitative estimate of drug-likeness (QED) is 0.645. The first kappa shape index (κ1) is 13.2. The predicted molar refractivity (Wildman–Crippen MR) is 64.2 cm³/mol. The van der Waals surface area contributed by atoms with Crippen LogP contribution in [0.1, 0.15) is 18.4 Å². The van der Waals surface area contributed by atoms with Gasteiger partial charge in [-0.25, -0.2) is 4.98 Å². The number of aromatic nitrogens is 2. The normalized spacial score (nSPS) is 15.4.